The van der Waals surface area contributed by atoms with Crippen LogP contribution >= 0.6 is 0 Å². The Morgan fingerprint density at radius 3 is 2.44 bits per heavy atom. The number of hydrogen-bond acceptors (Lipinski definition) is 6. The molecule has 0 radical (unpaired) electrons. The second-order valence-electron chi connectivity index (χ2n) is 5.60. The molecule has 0 bridgehead atoms. The number of halogens is 1. The van der Waals surface area contributed by atoms with E-state index in [0.29, 0.717) is 24.7 Å². The number of sulfonamides is 1. The Hall–Kier alpha value is -2.81. The summed E-state index contributed by atoms with van der Waals surface area (Å²) in [4.78, 5) is 11.9. The van der Waals surface area contributed by atoms with Crippen LogP contribution in [-0.4, -0.2) is 40.8 Å². The molecule has 0 amide bonds. The lowest BCUT2D eigenvalue weighted by Crippen LogP contribution is -2.36. The van der Waals surface area contributed by atoms with E-state index >= 15 is 0 Å². The Bertz CT molecular complexity index is 929. The fourth-order valence-electron chi connectivity index (χ4n) is 2.56. The lowest BCUT2D eigenvalue weighted by molar-refractivity contribution is -0.141. The number of esters is 1. The maximum absolute atomic E-state index is 13.3. The molecule has 3 rings (SSSR count). The summed E-state index contributed by atoms with van der Waals surface area (Å²) in [6.45, 7) is 1.87. The number of hydrogen-bond donors (Lipinski definition) is 0. The molecular weight excluding hydrogens is 377 g/mol. The molecule has 7 nitrogen and oxygen atoms in total. The van der Waals surface area contributed by atoms with Crippen LogP contribution in [0.2, 0.25) is 0 Å². The molecule has 2 aromatic carbocycles. The monoisotopic (exact) mass is 395 g/mol. The van der Waals surface area contributed by atoms with E-state index in [9.17, 15) is 17.6 Å². The van der Waals surface area contributed by atoms with Crippen molar-refractivity contribution in [1.29, 1.82) is 0 Å². The second kappa shape index (κ2) is 7.83. The van der Waals surface area contributed by atoms with E-state index in [1.54, 1.807) is 6.92 Å². The molecule has 9 heteroatoms. The van der Waals surface area contributed by atoms with Gasteiger partial charge in [-0.15, -0.1) is 0 Å². The van der Waals surface area contributed by atoms with Crippen molar-refractivity contribution in [2.24, 2.45) is 0 Å². The van der Waals surface area contributed by atoms with Crippen LogP contribution in [0.15, 0.2) is 47.4 Å². The zero-order valence-electron chi connectivity index (χ0n) is 14.6. The molecule has 144 valence electrons. The van der Waals surface area contributed by atoms with Crippen LogP contribution in [0.1, 0.15) is 6.92 Å². The molecule has 0 saturated heterocycles. The van der Waals surface area contributed by atoms with E-state index in [2.05, 4.69) is 0 Å². The molecule has 0 spiro atoms. The summed E-state index contributed by atoms with van der Waals surface area (Å²) in [6.07, 6.45) is 0. The molecule has 0 saturated carbocycles. The van der Waals surface area contributed by atoms with Gasteiger partial charge in [0, 0.05) is 6.07 Å². The van der Waals surface area contributed by atoms with Gasteiger partial charge in [0.25, 0.3) is 10.0 Å². The maximum Gasteiger partial charge on any atom is 0.326 e. The molecule has 0 fully saturated rings. The average Bonchev–Trinajstić information content (AvgIpc) is 2.66. The average molecular weight is 395 g/mol. The van der Waals surface area contributed by atoms with E-state index in [1.807, 2.05) is 0 Å². The standard InChI is InChI=1S/C18H18FNO6S/c1-2-24-18(21)12-20(14-5-3-13(19)4-6-14)27(22,23)15-7-8-16-17(11-15)26-10-9-25-16/h3-8,11H,2,9-10,12H2,1H3. The minimum absolute atomic E-state index is 0.0830. The summed E-state index contributed by atoms with van der Waals surface area (Å²) in [6, 6.07) is 9.00. The molecule has 0 aliphatic carbocycles. The van der Waals surface area contributed by atoms with Crippen molar-refractivity contribution in [3.05, 3.63) is 48.3 Å². The third-order valence-electron chi connectivity index (χ3n) is 3.79. The molecule has 2 aromatic rings. The van der Waals surface area contributed by atoms with Gasteiger partial charge in [0.05, 0.1) is 17.2 Å². The quantitative estimate of drug-likeness (QED) is 0.699. The van der Waals surface area contributed by atoms with Gasteiger partial charge < -0.3 is 14.2 Å². The van der Waals surface area contributed by atoms with Crippen LogP contribution < -0.4 is 13.8 Å². The number of ether oxygens (including phenoxy) is 3. The van der Waals surface area contributed by atoms with Gasteiger partial charge in [-0.3, -0.25) is 9.10 Å². The highest BCUT2D eigenvalue weighted by Crippen LogP contribution is 2.34. The Morgan fingerprint density at radius 1 is 1.11 bits per heavy atom. The van der Waals surface area contributed by atoms with Crippen molar-refractivity contribution in [3.8, 4) is 11.5 Å². The summed E-state index contributed by atoms with van der Waals surface area (Å²) < 4.78 is 56.2. The van der Waals surface area contributed by atoms with Crippen molar-refractivity contribution in [1.82, 2.24) is 0 Å². The van der Waals surface area contributed by atoms with E-state index in [-0.39, 0.29) is 17.2 Å². The predicted molar refractivity (Wildman–Crippen MR) is 95.0 cm³/mol. The van der Waals surface area contributed by atoms with Crippen molar-refractivity contribution < 1.29 is 31.8 Å². The molecule has 27 heavy (non-hydrogen) atoms. The molecule has 0 aromatic heterocycles. The number of rotatable bonds is 6. The minimum atomic E-state index is -4.14. The van der Waals surface area contributed by atoms with Gasteiger partial charge in [0.1, 0.15) is 25.6 Å². The largest absolute Gasteiger partial charge is 0.486 e. The molecule has 1 aliphatic heterocycles. The van der Waals surface area contributed by atoms with E-state index < -0.39 is 28.4 Å². The summed E-state index contributed by atoms with van der Waals surface area (Å²) in [5.74, 6) is -0.494. The molecule has 0 atom stereocenters. The predicted octanol–water partition coefficient (Wildman–Crippen LogP) is 2.36. The topological polar surface area (TPSA) is 82.1 Å². The van der Waals surface area contributed by atoms with Crippen molar-refractivity contribution in [3.63, 3.8) is 0 Å². The van der Waals surface area contributed by atoms with Gasteiger partial charge in [-0.05, 0) is 43.3 Å². The first-order valence-corrected chi connectivity index (χ1v) is 9.69. The normalized spacial score (nSPS) is 13.1. The summed E-state index contributed by atoms with van der Waals surface area (Å²) in [7, 11) is -4.14. The zero-order chi connectivity index (χ0) is 19.4. The second-order valence-corrected chi connectivity index (χ2v) is 7.46. The van der Waals surface area contributed by atoms with Crippen molar-refractivity contribution in [2.75, 3.05) is 30.7 Å². The number of benzene rings is 2. The van der Waals surface area contributed by atoms with Crippen LogP contribution in [-0.2, 0) is 19.6 Å². The number of carbonyl (C=O) groups excluding carboxylic acids is 1. The Morgan fingerprint density at radius 2 is 1.78 bits per heavy atom. The third kappa shape index (κ3) is 4.13. The van der Waals surface area contributed by atoms with Crippen LogP contribution in [0.3, 0.4) is 0 Å². The molecular formula is C18H18FNO6S. The molecule has 1 heterocycles. The summed E-state index contributed by atoms with van der Waals surface area (Å²) in [5, 5.41) is 0. The molecule has 0 unspecified atom stereocenters. The van der Waals surface area contributed by atoms with E-state index in [1.165, 1.54) is 30.3 Å². The number of fused-ring (bicyclic) bond motifs is 1. The molecule has 0 N–H and O–H groups in total. The fraction of sp³-hybridized carbons (Fsp3) is 0.278. The Balaban J connectivity index is 2.01. The third-order valence-corrected chi connectivity index (χ3v) is 5.56. The lowest BCUT2D eigenvalue weighted by atomic mass is 10.3. The van der Waals surface area contributed by atoms with E-state index in [4.69, 9.17) is 14.2 Å². The van der Waals surface area contributed by atoms with Crippen molar-refractivity contribution >= 4 is 21.7 Å². The van der Waals surface area contributed by atoms with Crippen LogP contribution in [0, 0.1) is 5.82 Å². The molecule has 1 aliphatic rings. The Kier molecular flexibility index (Phi) is 5.50. The summed E-state index contributed by atoms with van der Waals surface area (Å²) >= 11 is 0. The van der Waals surface area contributed by atoms with Crippen molar-refractivity contribution in [2.45, 2.75) is 11.8 Å². The van der Waals surface area contributed by atoms with Crippen LogP contribution in [0.5, 0.6) is 11.5 Å². The first-order valence-electron chi connectivity index (χ1n) is 8.25. The minimum Gasteiger partial charge on any atom is -0.486 e. The maximum atomic E-state index is 13.3. The SMILES string of the molecule is CCOC(=O)CN(c1ccc(F)cc1)S(=O)(=O)c1ccc2c(c1)OCCO2. The summed E-state index contributed by atoms with van der Waals surface area (Å²) in [5.41, 5.74) is 0.138. The smallest absolute Gasteiger partial charge is 0.326 e. The van der Waals surface area contributed by atoms with Gasteiger partial charge >= 0.3 is 5.97 Å². The number of nitrogens with zero attached hydrogens (tertiary/aromatic N) is 1. The first kappa shape index (κ1) is 19.0. The van der Waals surface area contributed by atoms with Gasteiger partial charge in [0.15, 0.2) is 11.5 Å². The van der Waals surface area contributed by atoms with Gasteiger partial charge in [-0.25, -0.2) is 12.8 Å². The lowest BCUT2D eigenvalue weighted by Gasteiger charge is -2.25. The highest BCUT2D eigenvalue weighted by Gasteiger charge is 2.29. The van der Waals surface area contributed by atoms with Gasteiger partial charge in [0.2, 0.25) is 0 Å². The highest BCUT2D eigenvalue weighted by molar-refractivity contribution is 7.92. The van der Waals surface area contributed by atoms with Crippen LogP contribution in [0.25, 0.3) is 0 Å². The first-order chi connectivity index (χ1) is 12.9. The van der Waals surface area contributed by atoms with Gasteiger partial charge in [-0.1, -0.05) is 0 Å². The fourth-order valence-corrected chi connectivity index (χ4v) is 3.98. The Labute approximate surface area is 156 Å². The number of anilines is 1. The zero-order valence-corrected chi connectivity index (χ0v) is 15.4. The van der Waals surface area contributed by atoms with Gasteiger partial charge in [-0.2, -0.15) is 0 Å². The number of carbonyl (C=O) groups is 1. The highest BCUT2D eigenvalue weighted by atomic mass is 32.2. The van der Waals surface area contributed by atoms with Crippen LogP contribution in [0.4, 0.5) is 10.1 Å². The van der Waals surface area contributed by atoms with E-state index in [0.717, 1.165) is 16.4 Å².